The lowest BCUT2D eigenvalue weighted by Crippen LogP contribution is -2.26. The molecule has 0 saturated carbocycles. The summed E-state index contributed by atoms with van der Waals surface area (Å²) in [6.07, 6.45) is 0. The summed E-state index contributed by atoms with van der Waals surface area (Å²) < 4.78 is 10.1. The van der Waals surface area contributed by atoms with Gasteiger partial charge in [-0.05, 0) is 37.7 Å². The first-order chi connectivity index (χ1) is 11.4. The summed E-state index contributed by atoms with van der Waals surface area (Å²) in [5.74, 6) is 0.651. The molecule has 0 aliphatic rings. The van der Waals surface area contributed by atoms with E-state index in [0.29, 0.717) is 18.0 Å². The van der Waals surface area contributed by atoms with Crippen molar-refractivity contribution in [2.75, 3.05) is 33.5 Å². The lowest BCUT2D eigenvalue weighted by Gasteiger charge is -2.17. The van der Waals surface area contributed by atoms with Gasteiger partial charge in [0.15, 0.2) is 0 Å². The van der Waals surface area contributed by atoms with E-state index in [4.69, 9.17) is 10.5 Å². The Hall–Kier alpha value is -2.67. The monoisotopic (exact) mass is 330 g/mol. The number of methoxy groups -OCH3 is 2. The molecule has 0 unspecified atom stereocenters. The highest BCUT2D eigenvalue weighted by Gasteiger charge is 2.12. The third kappa shape index (κ3) is 4.42. The molecule has 0 radical (unpaired) electrons. The number of likely N-dealkylation sites (N-methyl/N-ethyl adjacent to an activating group) is 1. The number of carbonyl (C=O) groups is 1. The minimum atomic E-state index is -0.273. The van der Waals surface area contributed by atoms with Crippen LogP contribution in [0.4, 0.5) is 5.95 Å². The van der Waals surface area contributed by atoms with Crippen molar-refractivity contribution in [3.05, 3.63) is 35.5 Å². The van der Waals surface area contributed by atoms with Gasteiger partial charge in [0.05, 0.1) is 26.5 Å². The molecule has 2 aromatic rings. The molecule has 7 heteroatoms. The number of nitrogens with two attached hydrogens (primary N) is 1. The Labute approximate surface area is 141 Å². The number of esters is 1. The molecule has 24 heavy (non-hydrogen) atoms. The molecular formula is C17H22N4O3. The van der Waals surface area contributed by atoms with Crippen molar-refractivity contribution in [3.8, 4) is 17.0 Å². The Morgan fingerprint density at radius 3 is 2.62 bits per heavy atom. The highest BCUT2D eigenvalue weighted by atomic mass is 16.5. The number of benzene rings is 1. The topological polar surface area (TPSA) is 90.6 Å². The van der Waals surface area contributed by atoms with Crippen LogP contribution in [-0.2, 0) is 16.1 Å². The fourth-order valence-electron chi connectivity index (χ4n) is 2.44. The van der Waals surface area contributed by atoms with E-state index in [1.165, 1.54) is 7.11 Å². The van der Waals surface area contributed by atoms with Gasteiger partial charge in [0.2, 0.25) is 5.95 Å². The summed E-state index contributed by atoms with van der Waals surface area (Å²) in [5.41, 5.74) is 9.10. The van der Waals surface area contributed by atoms with E-state index in [1.807, 2.05) is 43.1 Å². The molecule has 0 aliphatic carbocycles. The summed E-state index contributed by atoms with van der Waals surface area (Å²) in [6.45, 7) is 2.67. The van der Waals surface area contributed by atoms with Gasteiger partial charge in [0, 0.05) is 17.8 Å². The van der Waals surface area contributed by atoms with Gasteiger partial charge in [-0.15, -0.1) is 0 Å². The molecule has 0 saturated heterocycles. The zero-order valence-corrected chi connectivity index (χ0v) is 14.4. The van der Waals surface area contributed by atoms with Crippen LogP contribution in [-0.4, -0.2) is 48.6 Å². The van der Waals surface area contributed by atoms with Crippen LogP contribution < -0.4 is 10.5 Å². The molecule has 2 rings (SSSR count). The van der Waals surface area contributed by atoms with Crippen molar-refractivity contribution in [3.63, 3.8) is 0 Å². The number of aromatic nitrogens is 2. The van der Waals surface area contributed by atoms with Gasteiger partial charge in [-0.2, -0.15) is 0 Å². The van der Waals surface area contributed by atoms with Gasteiger partial charge in [-0.1, -0.05) is 6.07 Å². The molecule has 7 nitrogen and oxygen atoms in total. The van der Waals surface area contributed by atoms with Crippen molar-refractivity contribution in [2.24, 2.45) is 0 Å². The Bertz CT molecular complexity index is 714. The highest BCUT2D eigenvalue weighted by molar-refractivity contribution is 5.71. The Kier molecular flexibility index (Phi) is 5.70. The predicted molar refractivity (Wildman–Crippen MR) is 91.5 cm³/mol. The lowest BCUT2D eigenvalue weighted by atomic mass is 10.1. The number of hydrogen-bond acceptors (Lipinski definition) is 7. The average molecular weight is 330 g/mol. The molecule has 2 N–H and O–H groups in total. The first kappa shape index (κ1) is 17.7. The average Bonchev–Trinajstić information content (AvgIpc) is 2.53. The largest absolute Gasteiger partial charge is 0.496 e. The Morgan fingerprint density at radius 2 is 2.00 bits per heavy atom. The number of nitrogen functional groups attached to an aromatic ring is 1. The van der Waals surface area contributed by atoms with Crippen LogP contribution >= 0.6 is 0 Å². The normalized spacial score (nSPS) is 10.7. The second-order valence-corrected chi connectivity index (χ2v) is 5.54. The number of hydrogen-bond donors (Lipinski definition) is 1. The second kappa shape index (κ2) is 7.74. The molecular weight excluding hydrogens is 308 g/mol. The lowest BCUT2D eigenvalue weighted by molar-refractivity contribution is -0.141. The van der Waals surface area contributed by atoms with E-state index >= 15 is 0 Å². The molecule has 0 atom stereocenters. The molecule has 1 heterocycles. The summed E-state index contributed by atoms with van der Waals surface area (Å²) in [4.78, 5) is 21.6. The van der Waals surface area contributed by atoms with E-state index in [1.54, 1.807) is 7.11 Å². The van der Waals surface area contributed by atoms with E-state index in [9.17, 15) is 4.79 Å². The maximum absolute atomic E-state index is 11.4. The van der Waals surface area contributed by atoms with Crippen molar-refractivity contribution >= 4 is 11.9 Å². The molecule has 0 bridgehead atoms. The molecule has 0 aliphatic heterocycles. The van der Waals surface area contributed by atoms with Crippen molar-refractivity contribution in [2.45, 2.75) is 13.5 Å². The van der Waals surface area contributed by atoms with Crippen molar-refractivity contribution in [1.82, 2.24) is 14.9 Å². The maximum Gasteiger partial charge on any atom is 0.319 e. The summed E-state index contributed by atoms with van der Waals surface area (Å²) in [7, 11) is 4.84. The number of anilines is 1. The van der Waals surface area contributed by atoms with Crippen LogP contribution in [0, 0.1) is 6.92 Å². The fraction of sp³-hybridized carbons (Fsp3) is 0.353. The summed E-state index contributed by atoms with van der Waals surface area (Å²) >= 11 is 0. The van der Waals surface area contributed by atoms with Crippen molar-refractivity contribution < 1.29 is 14.3 Å². The van der Waals surface area contributed by atoms with Gasteiger partial charge in [0.25, 0.3) is 0 Å². The number of carbonyl (C=O) groups excluding carboxylic acids is 1. The maximum atomic E-state index is 11.4. The predicted octanol–water partition coefficient (Wildman–Crippen LogP) is 1.65. The molecule has 128 valence electrons. The Balaban J connectivity index is 2.32. The minimum Gasteiger partial charge on any atom is -0.496 e. The summed E-state index contributed by atoms with van der Waals surface area (Å²) in [6, 6.07) is 7.67. The number of aryl methyl sites for hydroxylation is 1. The van der Waals surface area contributed by atoms with Crippen molar-refractivity contribution in [1.29, 1.82) is 0 Å². The molecule has 0 amide bonds. The Morgan fingerprint density at radius 1 is 1.25 bits per heavy atom. The first-order valence-corrected chi connectivity index (χ1v) is 7.46. The zero-order chi connectivity index (χ0) is 17.7. The standard InChI is InChI=1S/C17H22N4O3/c1-11-7-14(20-17(18)19-11)13-8-12(5-6-15(13)23-3)9-21(2)10-16(22)24-4/h5-8H,9-10H2,1-4H3,(H2,18,19,20). The molecule has 0 fully saturated rings. The van der Waals surface area contributed by atoms with E-state index in [0.717, 1.165) is 16.8 Å². The number of ether oxygens (including phenoxy) is 2. The molecule has 1 aromatic heterocycles. The smallest absolute Gasteiger partial charge is 0.319 e. The van der Waals surface area contributed by atoms with E-state index < -0.39 is 0 Å². The van der Waals surface area contributed by atoms with Crippen LogP contribution in [0.25, 0.3) is 11.3 Å². The quantitative estimate of drug-likeness (QED) is 0.805. The van der Waals surface area contributed by atoms with Gasteiger partial charge in [-0.3, -0.25) is 9.69 Å². The van der Waals surface area contributed by atoms with Gasteiger partial charge in [0.1, 0.15) is 5.75 Å². The molecule has 0 spiro atoms. The van der Waals surface area contributed by atoms with Gasteiger partial charge in [-0.25, -0.2) is 9.97 Å². The second-order valence-electron chi connectivity index (χ2n) is 5.54. The van der Waals surface area contributed by atoms with Gasteiger partial charge >= 0.3 is 5.97 Å². The molecule has 1 aromatic carbocycles. The van der Waals surface area contributed by atoms with E-state index in [-0.39, 0.29) is 18.5 Å². The van der Waals surface area contributed by atoms with Crippen LogP contribution in [0.1, 0.15) is 11.3 Å². The number of nitrogens with zero attached hydrogens (tertiary/aromatic N) is 3. The van der Waals surface area contributed by atoms with Crippen LogP contribution in [0.2, 0.25) is 0 Å². The fourth-order valence-corrected chi connectivity index (χ4v) is 2.44. The highest BCUT2D eigenvalue weighted by Crippen LogP contribution is 2.30. The number of rotatable bonds is 6. The third-order valence-electron chi connectivity index (χ3n) is 3.49. The van der Waals surface area contributed by atoms with Crippen LogP contribution in [0.5, 0.6) is 5.75 Å². The van der Waals surface area contributed by atoms with Crippen LogP contribution in [0.3, 0.4) is 0 Å². The summed E-state index contributed by atoms with van der Waals surface area (Å²) in [5, 5.41) is 0. The van der Waals surface area contributed by atoms with Gasteiger partial charge < -0.3 is 15.2 Å². The van der Waals surface area contributed by atoms with E-state index in [2.05, 4.69) is 14.7 Å². The van der Waals surface area contributed by atoms with Crippen LogP contribution in [0.15, 0.2) is 24.3 Å². The zero-order valence-electron chi connectivity index (χ0n) is 14.4. The SMILES string of the molecule is COC(=O)CN(C)Cc1ccc(OC)c(-c2cc(C)nc(N)n2)c1. The third-order valence-corrected chi connectivity index (χ3v) is 3.49. The first-order valence-electron chi connectivity index (χ1n) is 7.46. The minimum absolute atomic E-state index is 0.220.